The van der Waals surface area contributed by atoms with Crippen molar-refractivity contribution in [1.29, 1.82) is 0 Å². The van der Waals surface area contributed by atoms with Crippen LogP contribution in [-0.2, 0) is 10.2 Å². The summed E-state index contributed by atoms with van der Waals surface area (Å²) in [6.45, 7) is 8.13. The number of urea groups is 1. The van der Waals surface area contributed by atoms with Crippen molar-refractivity contribution in [3.05, 3.63) is 30.0 Å². The maximum atomic E-state index is 12.8. The van der Waals surface area contributed by atoms with Crippen molar-refractivity contribution in [3.8, 4) is 11.5 Å². The lowest BCUT2D eigenvalue weighted by atomic mass is 9.92. The van der Waals surface area contributed by atoms with Crippen LogP contribution in [0.25, 0.3) is 0 Å². The first kappa shape index (κ1) is 23.4. The molecule has 4 N–H and O–H groups in total. The van der Waals surface area contributed by atoms with Crippen LogP contribution in [0.3, 0.4) is 0 Å². The van der Waals surface area contributed by atoms with Gasteiger partial charge in [0, 0.05) is 35.7 Å². The van der Waals surface area contributed by atoms with Crippen LogP contribution in [0.15, 0.2) is 24.3 Å². The quantitative estimate of drug-likeness (QED) is 0.543. The summed E-state index contributed by atoms with van der Waals surface area (Å²) in [5.41, 5.74) is 1.08. The second-order valence-electron chi connectivity index (χ2n) is 8.70. The molecule has 1 fully saturated rings. The van der Waals surface area contributed by atoms with Gasteiger partial charge in [-0.2, -0.15) is 5.10 Å². The van der Waals surface area contributed by atoms with E-state index in [9.17, 15) is 9.59 Å². The molecule has 0 spiro atoms. The fourth-order valence-electron chi connectivity index (χ4n) is 3.40. The Balaban J connectivity index is 1.84. The van der Waals surface area contributed by atoms with E-state index in [1.807, 2.05) is 33.8 Å². The van der Waals surface area contributed by atoms with E-state index in [4.69, 9.17) is 9.47 Å². The van der Waals surface area contributed by atoms with Gasteiger partial charge >= 0.3 is 6.03 Å². The van der Waals surface area contributed by atoms with Gasteiger partial charge in [0.25, 0.3) is 0 Å². The van der Waals surface area contributed by atoms with Crippen LogP contribution in [0, 0.1) is 0 Å². The molecule has 2 unspecified atom stereocenters. The molecule has 10 nitrogen and oxygen atoms in total. The average molecular weight is 445 g/mol. The third-order valence-corrected chi connectivity index (χ3v) is 5.25. The van der Waals surface area contributed by atoms with Crippen molar-refractivity contribution in [1.82, 2.24) is 20.4 Å². The molecule has 2 heterocycles. The van der Waals surface area contributed by atoms with E-state index in [0.29, 0.717) is 29.4 Å². The summed E-state index contributed by atoms with van der Waals surface area (Å²) in [6, 6.07) is 6.50. The maximum Gasteiger partial charge on any atom is 0.324 e. The molecule has 1 aromatic heterocycles. The minimum Gasteiger partial charge on any atom is -0.493 e. The molecule has 2 aromatic rings. The van der Waals surface area contributed by atoms with Crippen LogP contribution >= 0.6 is 0 Å². The molecule has 0 radical (unpaired) electrons. The predicted molar refractivity (Wildman–Crippen MR) is 122 cm³/mol. The standard InChI is InChI=1S/C22H32N6O4/c1-7-13-11-19(29)26-20(23-13)28-18(12-17(27-28)22(2,3)4)25-21(30)24-14-8-9-15(31-5)16(10-14)32-6/h8-10,12-13,20,23H,7,11H2,1-6H3,(H,26,29)(H2,24,25,30). The van der Waals surface area contributed by atoms with Gasteiger partial charge in [0.15, 0.2) is 17.8 Å². The Morgan fingerprint density at radius 1 is 1.19 bits per heavy atom. The number of ether oxygens (including phenoxy) is 2. The third-order valence-electron chi connectivity index (χ3n) is 5.25. The number of rotatable bonds is 6. The third kappa shape index (κ3) is 5.31. The molecule has 3 amide bonds. The fourth-order valence-corrected chi connectivity index (χ4v) is 3.40. The van der Waals surface area contributed by atoms with Crippen LogP contribution in [-0.4, -0.2) is 42.0 Å². The average Bonchev–Trinajstić information content (AvgIpc) is 3.17. The van der Waals surface area contributed by atoms with Gasteiger partial charge in [-0.25, -0.2) is 9.48 Å². The number of methoxy groups -OCH3 is 2. The van der Waals surface area contributed by atoms with Crippen LogP contribution in [0.4, 0.5) is 16.3 Å². The lowest BCUT2D eigenvalue weighted by Gasteiger charge is -2.32. The summed E-state index contributed by atoms with van der Waals surface area (Å²) < 4.78 is 12.1. The Morgan fingerprint density at radius 3 is 2.53 bits per heavy atom. The zero-order valence-electron chi connectivity index (χ0n) is 19.4. The Hall–Kier alpha value is -3.27. The molecule has 2 atom stereocenters. The van der Waals surface area contributed by atoms with Crippen molar-refractivity contribution in [3.63, 3.8) is 0 Å². The van der Waals surface area contributed by atoms with E-state index < -0.39 is 12.3 Å². The smallest absolute Gasteiger partial charge is 0.324 e. The molecular formula is C22H32N6O4. The minimum absolute atomic E-state index is 0.0319. The van der Waals surface area contributed by atoms with Crippen LogP contribution in [0.2, 0.25) is 0 Å². The number of aromatic nitrogens is 2. The zero-order chi connectivity index (χ0) is 23.5. The topological polar surface area (TPSA) is 119 Å². The summed E-state index contributed by atoms with van der Waals surface area (Å²) in [7, 11) is 3.08. The molecule has 10 heteroatoms. The Bertz CT molecular complexity index is 981. The predicted octanol–water partition coefficient (Wildman–Crippen LogP) is 3.19. The number of amides is 3. The lowest BCUT2D eigenvalue weighted by Crippen LogP contribution is -2.53. The highest BCUT2D eigenvalue weighted by molar-refractivity contribution is 5.99. The van der Waals surface area contributed by atoms with Gasteiger partial charge in [0.05, 0.1) is 19.9 Å². The zero-order valence-corrected chi connectivity index (χ0v) is 19.4. The SMILES string of the molecule is CCC1CC(=O)NC(n2nc(C(C)(C)C)cc2NC(=O)Nc2ccc(OC)c(OC)c2)N1. The van der Waals surface area contributed by atoms with Gasteiger partial charge < -0.3 is 20.1 Å². The van der Waals surface area contributed by atoms with Crippen molar-refractivity contribution in [2.45, 2.75) is 58.3 Å². The largest absolute Gasteiger partial charge is 0.493 e. The molecule has 3 rings (SSSR count). The number of hydrogen-bond donors (Lipinski definition) is 4. The molecule has 32 heavy (non-hydrogen) atoms. The van der Waals surface area contributed by atoms with Gasteiger partial charge in [-0.3, -0.25) is 15.4 Å². The lowest BCUT2D eigenvalue weighted by molar-refractivity contribution is -0.125. The molecular weight excluding hydrogens is 412 g/mol. The van der Waals surface area contributed by atoms with Crippen molar-refractivity contribution in [2.24, 2.45) is 0 Å². The summed E-state index contributed by atoms with van der Waals surface area (Å²) in [4.78, 5) is 25.0. The van der Waals surface area contributed by atoms with Gasteiger partial charge in [-0.1, -0.05) is 27.7 Å². The fraction of sp³-hybridized carbons (Fsp3) is 0.500. The van der Waals surface area contributed by atoms with E-state index in [1.54, 1.807) is 30.0 Å². The number of benzene rings is 1. The van der Waals surface area contributed by atoms with Crippen LogP contribution < -0.4 is 30.7 Å². The van der Waals surface area contributed by atoms with Gasteiger partial charge in [-0.05, 0) is 18.6 Å². The van der Waals surface area contributed by atoms with Crippen LogP contribution in [0.1, 0.15) is 52.5 Å². The highest BCUT2D eigenvalue weighted by atomic mass is 16.5. The van der Waals surface area contributed by atoms with Gasteiger partial charge in [-0.15, -0.1) is 0 Å². The highest BCUT2D eigenvalue weighted by Gasteiger charge is 2.30. The molecule has 1 aliphatic rings. The number of carbonyl (C=O) groups excluding carboxylic acids is 2. The molecule has 0 bridgehead atoms. The summed E-state index contributed by atoms with van der Waals surface area (Å²) in [5, 5.41) is 16.6. The van der Waals surface area contributed by atoms with E-state index in [2.05, 4.69) is 26.4 Å². The van der Waals surface area contributed by atoms with E-state index in [-0.39, 0.29) is 17.4 Å². The Labute approximate surface area is 188 Å². The van der Waals surface area contributed by atoms with Crippen LogP contribution in [0.5, 0.6) is 11.5 Å². The molecule has 0 saturated carbocycles. The van der Waals surface area contributed by atoms with Gasteiger partial charge in [0.1, 0.15) is 5.82 Å². The first-order valence-electron chi connectivity index (χ1n) is 10.6. The molecule has 0 aliphatic carbocycles. The molecule has 1 aliphatic heterocycles. The number of anilines is 2. The number of nitrogens with one attached hydrogen (secondary N) is 4. The van der Waals surface area contributed by atoms with Gasteiger partial charge in [0.2, 0.25) is 5.91 Å². The Kier molecular flexibility index (Phi) is 6.93. The minimum atomic E-state index is -0.561. The molecule has 174 valence electrons. The monoisotopic (exact) mass is 444 g/mol. The highest BCUT2D eigenvalue weighted by Crippen LogP contribution is 2.30. The van der Waals surface area contributed by atoms with Crippen molar-refractivity contribution < 1.29 is 19.1 Å². The summed E-state index contributed by atoms with van der Waals surface area (Å²) in [5.74, 6) is 1.47. The van der Waals surface area contributed by atoms with Crippen molar-refractivity contribution >= 4 is 23.4 Å². The summed E-state index contributed by atoms with van der Waals surface area (Å²) in [6.07, 6.45) is 0.650. The second-order valence-corrected chi connectivity index (χ2v) is 8.70. The normalized spacial score (nSPS) is 18.6. The maximum absolute atomic E-state index is 12.8. The van der Waals surface area contributed by atoms with Crippen molar-refractivity contribution in [2.75, 3.05) is 24.9 Å². The first-order valence-corrected chi connectivity index (χ1v) is 10.6. The number of nitrogens with zero attached hydrogens (tertiary/aromatic N) is 2. The number of carbonyl (C=O) groups is 2. The number of hydrogen-bond acceptors (Lipinski definition) is 6. The second kappa shape index (κ2) is 9.47. The molecule has 1 aromatic carbocycles. The molecule has 1 saturated heterocycles. The van der Waals surface area contributed by atoms with E-state index >= 15 is 0 Å². The van der Waals surface area contributed by atoms with E-state index in [1.165, 1.54) is 7.11 Å². The first-order chi connectivity index (χ1) is 15.1. The summed E-state index contributed by atoms with van der Waals surface area (Å²) >= 11 is 0. The Morgan fingerprint density at radius 2 is 1.91 bits per heavy atom. The van der Waals surface area contributed by atoms with E-state index in [0.717, 1.165) is 12.1 Å².